The summed E-state index contributed by atoms with van der Waals surface area (Å²) in [6.45, 7) is 6.81. The summed E-state index contributed by atoms with van der Waals surface area (Å²) in [7, 11) is 0. The highest BCUT2D eigenvalue weighted by molar-refractivity contribution is 7.21. The smallest absolute Gasteiger partial charge is 0.203 e. The van der Waals surface area contributed by atoms with E-state index in [1.165, 1.54) is 16.7 Å². The Morgan fingerprint density at radius 3 is 2.50 bits per heavy atom. The van der Waals surface area contributed by atoms with Crippen LogP contribution in [0.1, 0.15) is 95.8 Å². The fraction of sp³-hybridized carbons (Fsp3) is 0.410. The molecule has 4 aliphatic rings. The van der Waals surface area contributed by atoms with Crippen molar-refractivity contribution in [1.82, 2.24) is 4.90 Å². The SMILES string of the molecule is CC1=CCC[C@@]2(C)[C@@H](CC[C@@]2(O)CN2Cc3ccccc3C2)c2ccc(cc2C(=O)c2cc3ccccc3s2)C[C@@H](O)CC1. The van der Waals surface area contributed by atoms with Gasteiger partial charge in [-0.05, 0) is 104 Å². The van der Waals surface area contributed by atoms with Crippen molar-refractivity contribution >= 4 is 27.2 Å². The third-order valence-electron chi connectivity index (χ3n) is 11.0. The summed E-state index contributed by atoms with van der Waals surface area (Å²) in [6.07, 6.45) is 7.20. The van der Waals surface area contributed by atoms with Crippen LogP contribution in [0.5, 0.6) is 0 Å². The van der Waals surface area contributed by atoms with Gasteiger partial charge in [0.05, 0.1) is 16.6 Å². The maximum Gasteiger partial charge on any atom is 0.203 e. The zero-order valence-electron chi connectivity index (χ0n) is 25.9. The van der Waals surface area contributed by atoms with Crippen molar-refractivity contribution in [2.24, 2.45) is 5.41 Å². The number of thiophene rings is 1. The normalized spacial score (nSPS) is 27.6. The van der Waals surface area contributed by atoms with Crippen LogP contribution in [0.2, 0.25) is 0 Å². The Morgan fingerprint density at radius 1 is 0.977 bits per heavy atom. The van der Waals surface area contributed by atoms with Gasteiger partial charge in [-0.25, -0.2) is 0 Å². The van der Waals surface area contributed by atoms with Gasteiger partial charge >= 0.3 is 0 Å². The van der Waals surface area contributed by atoms with E-state index >= 15 is 0 Å². The number of nitrogens with zero attached hydrogens (tertiary/aromatic N) is 1. The molecule has 1 saturated carbocycles. The first-order valence-electron chi connectivity index (χ1n) is 16.2. The van der Waals surface area contributed by atoms with Gasteiger partial charge < -0.3 is 10.2 Å². The Bertz CT molecular complexity index is 1680. The molecule has 0 saturated heterocycles. The monoisotopic (exact) mass is 605 g/mol. The second-order valence-corrected chi connectivity index (χ2v) is 14.9. The summed E-state index contributed by atoms with van der Waals surface area (Å²) in [5.74, 6) is 0.0922. The Kier molecular flexibility index (Phi) is 7.86. The fourth-order valence-electron chi connectivity index (χ4n) is 8.31. The molecular formula is C39H43NO3S. The van der Waals surface area contributed by atoms with Crippen LogP contribution in [-0.4, -0.2) is 39.1 Å². The van der Waals surface area contributed by atoms with E-state index in [2.05, 4.69) is 79.4 Å². The van der Waals surface area contributed by atoms with Gasteiger partial charge in [-0.1, -0.05) is 73.2 Å². The molecule has 228 valence electrons. The van der Waals surface area contributed by atoms with Crippen LogP contribution < -0.4 is 0 Å². The van der Waals surface area contributed by atoms with Crippen molar-refractivity contribution in [2.75, 3.05) is 6.54 Å². The highest BCUT2D eigenvalue weighted by Gasteiger charge is 2.57. The first-order valence-corrected chi connectivity index (χ1v) is 17.1. The lowest BCUT2D eigenvalue weighted by Gasteiger charge is -2.45. The highest BCUT2D eigenvalue weighted by Crippen LogP contribution is 2.59. The van der Waals surface area contributed by atoms with E-state index in [0.717, 1.165) is 70.4 Å². The molecule has 2 bridgehead atoms. The number of β-amino-alcohol motifs (C(OH)–C–C–N with tert-alkyl or cyclic N) is 1. The summed E-state index contributed by atoms with van der Waals surface area (Å²) >= 11 is 1.55. The number of hydrogen-bond donors (Lipinski definition) is 2. The van der Waals surface area contributed by atoms with E-state index in [4.69, 9.17) is 0 Å². The van der Waals surface area contributed by atoms with Gasteiger partial charge in [-0.15, -0.1) is 11.3 Å². The van der Waals surface area contributed by atoms with Crippen molar-refractivity contribution in [1.29, 1.82) is 0 Å². The van der Waals surface area contributed by atoms with Crippen LogP contribution in [0.3, 0.4) is 0 Å². The van der Waals surface area contributed by atoms with Gasteiger partial charge in [0.25, 0.3) is 0 Å². The molecule has 0 unspecified atom stereocenters. The number of allylic oxidation sites excluding steroid dienone is 2. The van der Waals surface area contributed by atoms with E-state index in [9.17, 15) is 15.0 Å². The molecule has 0 amide bonds. The molecule has 4 atom stereocenters. The number of rotatable bonds is 4. The number of carbonyl (C=O) groups is 1. The Morgan fingerprint density at radius 2 is 1.73 bits per heavy atom. The molecular weight excluding hydrogens is 563 g/mol. The van der Waals surface area contributed by atoms with Crippen LogP contribution in [0.25, 0.3) is 10.1 Å². The molecule has 2 N–H and O–H groups in total. The predicted molar refractivity (Wildman–Crippen MR) is 179 cm³/mol. The predicted octanol–water partition coefficient (Wildman–Crippen LogP) is 8.19. The van der Waals surface area contributed by atoms with E-state index in [1.807, 2.05) is 18.2 Å². The molecule has 0 spiro atoms. The largest absolute Gasteiger partial charge is 0.393 e. The van der Waals surface area contributed by atoms with Gasteiger partial charge in [0, 0.05) is 35.3 Å². The molecule has 4 aromatic rings. The minimum atomic E-state index is -0.884. The van der Waals surface area contributed by atoms with Crippen LogP contribution in [0.15, 0.2) is 84.4 Å². The van der Waals surface area contributed by atoms with Crippen LogP contribution in [-0.2, 0) is 19.5 Å². The molecule has 2 heterocycles. The Hall–Kier alpha value is -3.09. The number of aliphatic hydroxyl groups excluding tert-OH is 1. The molecule has 1 fully saturated rings. The van der Waals surface area contributed by atoms with Crippen LogP contribution in [0, 0.1) is 5.41 Å². The summed E-state index contributed by atoms with van der Waals surface area (Å²) in [4.78, 5) is 17.6. The average Bonchev–Trinajstić information content (AvgIpc) is 3.69. The topological polar surface area (TPSA) is 60.8 Å². The molecule has 44 heavy (non-hydrogen) atoms. The van der Waals surface area contributed by atoms with Crippen molar-refractivity contribution in [3.63, 3.8) is 0 Å². The van der Waals surface area contributed by atoms with Gasteiger partial charge in [-0.3, -0.25) is 9.69 Å². The van der Waals surface area contributed by atoms with E-state index < -0.39 is 17.1 Å². The van der Waals surface area contributed by atoms with Crippen LogP contribution >= 0.6 is 11.3 Å². The number of ketones is 1. The van der Waals surface area contributed by atoms with Gasteiger partial charge in [0.1, 0.15) is 0 Å². The molecule has 5 heteroatoms. The third-order valence-corrected chi connectivity index (χ3v) is 12.1. The lowest BCUT2D eigenvalue weighted by atomic mass is 9.64. The lowest BCUT2D eigenvalue weighted by molar-refractivity contribution is -0.0845. The van der Waals surface area contributed by atoms with E-state index in [-0.39, 0.29) is 11.7 Å². The summed E-state index contributed by atoms with van der Waals surface area (Å²) < 4.78 is 1.11. The van der Waals surface area contributed by atoms with E-state index in [1.54, 1.807) is 11.3 Å². The highest BCUT2D eigenvalue weighted by atomic mass is 32.1. The number of benzene rings is 3. The molecule has 4 nitrogen and oxygen atoms in total. The van der Waals surface area contributed by atoms with Crippen molar-refractivity contribution < 1.29 is 15.0 Å². The van der Waals surface area contributed by atoms with Crippen molar-refractivity contribution in [2.45, 2.75) is 89.5 Å². The summed E-state index contributed by atoms with van der Waals surface area (Å²) in [5.41, 5.74) is 5.49. The lowest BCUT2D eigenvalue weighted by Crippen LogP contribution is -2.51. The van der Waals surface area contributed by atoms with Gasteiger partial charge in [-0.2, -0.15) is 0 Å². The first-order chi connectivity index (χ1) is 21.2. The molecule has 1 aromatic heterocycles. The third kappa shape index (κ3) is 5.38. The van der Waals surface area contributed by atoms with Gasteiger partial charge in [0.2, 0.25) is 5.78 Å². The first kappa shape index (κ1) is 29.6. The molecule has 1 aliphatic heterocycles. The molecule has 3 aliphatic carbocycles. The fourth-order valence-corrected chi connectivity index (χ4v) is 9.33. The minimum absolute atomic E-state index is 0.0430. The average molecular weight is 606 g/mol. The number of fused-ring (bicyclic) bond motifs is 10. The zero-order valence-corrected chi connectivity index (χ0v) is 26.7. The number of carbonyl (C=O) groups excluding carboxylic acids is 1. The molecule has 0 radical (unpaired) electrons. The Balaban J connectivity index is 1.30. The number of aliphatic hydroxyl groups is 2. The zero-order chi connectivity index (χ0) is 30.5. The summed E-state index contributed by atoms with van der Waals surface area (Å²) in [5, 5.41) is 24.7. The second-order valence-electron chi connectivity index (χ2n) is 13.8. The van der Waals surface area contributed by atoms with E-state index in [0.29, 0.717) is 25.8 Å². The standard InChI is InChI=1S/C39H43NO3S/c1-26-8-7-18-38(2)34(17-19-39(38,43)25-40-23-29-10-3-4-11-30(29)24-40)32-16-14-27(20-31(41)15-13-26)21-33(32)37(42)36-22-28-9-5-6-12-35(28)44-36/h3-6,8-12,14,16,21-22,31,34,41,43H,7,13,15,17-20,23-25H2,1-2H3/t31-,34-,38-,39+/m0/s1. The maximum atomic E-state index is 14.4. The van der Waals surface area contributed by atoms with Gasteiger partial charge in [0.15, 0.2) is 0 Å². The number of hydrogen-bond acceptors (Lipinski definition) is 5. The maximum absolute atomic E-state index is 14.4. The van der Waals surface area contributed by atoms with Crippen molar-refractivity contribution in [3.05, 3.63) is 117 Å². The Labute approximate surface area is 265 Å². The molecule has 8 rings (SSSR count). The summed E-state index contributed by atoms with van der Waals surface area (Å²) in [6, 6.07) is 25.1. The minimum Gasteiger partial charge on any atom is -0.393 e. The second kappa shape index (κ2) is 11.7. The quantitative estimate of drug-likeness (QED) is 0.182. The molecule has 3 aromatic carbocycles. The van der Waals surface area contributed by atoms with Crippen LogP contribution in [0.4, 0.5) is 0 Å². The van der Waals surface area contributed by atoms with Crippen molar-refractivity contribution in [3.8, 4) is 0 Å².